The number of aryl methyl sites for hydroxylation is 1. The highest BCUT2D eigenvalue weighted by Crippen LogP contribution is 2.25. The van der Waals surface area contributed by atoms with Crippen molar-refractivity contribution in [1.29, 1.82) is 0 Å². The number of nitrogens with zero attached hydrogens (tertiary/aromatic N) is 4. The number of para-hydroxylation sites is 1. The van der Waals surface area contributed by atoms with E-state index in [2.05, 4.69) is 32.5 Å². The minimum atomic E-state index is -0.0256. The van der Waals surface area contributed by atoms with Crippen LogP contribution in [0.15, 0.2) is 34.9 Å². The van der Waals surface area contributed by atoms with Crippen LogP contribution in [0.5, 0.6) is 0 Å². The molecule has 1 fully saturated rings. The molecular weight excluding hydrogens is 318 g/mol. The Balaban J connectivity index is 1.46. The zero-order valence-electron chi connectivity index (χ0n) is 14.8. The highest BCUT2D eigenvalue weighted by atomic mass is 16.5. The third-order valence-electron chi connectivity index (χ3n) is 4.52. The van der Waals surface area contributed by atoms with Crippen molar-refractivity contribution in [1.82, 2.24) is 20.4 Å². The van der Waals surface area contributed by atoms with E-state index in [0.717, 1.165) is 31.6 Å². The monoisotopic (exact) mass is 343 g/mol. The molecule has 1 N–H and O–H groups in total. The summed E-state index contributed by atoms with van der Waals surface area (Å²) in [7, 11) is 2.02. The summed E-state index contributed by atoms with van der Waals surface area (Å²) in [4.78, 5) is 20.7. The second-order valence-electron chi connectivity index (χ2n) is 6.45. The third-order valence-corrected chi connectivity index (χ3v) is 4.52. The molecule has 2 amide bonds. The highest BCUT2D eigenvalue weighted by Gasteiger charge is 2.28. The summed E-state index contributed by atoms with van der Waals surface area (Å²) >= 11 is 0. The van der Waals surface area contributed by atoms with Crippen LogP contribution in [0.2, 0.25) is 0 Å². The Morgan fingerprint density at radius 2 is 2.20 bits per heavy atom. The fourth-order valence-corrected chi connectivity index (χ4v) is 3.10. The molecule has 1 saturated heterocycles. The maximum atomic E-state index is 12.4. The number of carbonyl (C=O) groups excluding carboxylic acids is 1. The third kappa shape index (κ3) is 4.49. The lowest BCUT2D eigenvalue weighted by atomic mass is 9.98. The van der Waals surface area contributed by atoms with Crippen molar-refractivity contribution < 1.29 is 9.32 Å². The summed E-state index contributed by atoms with van der Waals surface area (Å²) in [5, 5.41) is 6.86. The number of carbonyl (C=O) groups is 1. The Kier molecular flexibility index (Phi) is 5.53. The summed E-state index contributed by atoms with van der Waals surface area (Å²) in [6, 6.07) is 10.1. The molecule has 25 heavy (non-hydrogen) atoms. The van der Waals surface area contributed by atoms with Crippen molar-refractivity contribution >= 4 is 11.7 Å². The van der Waals surface area contributed by atoms with Gasteiger partial charge < -0.3 is 19.6 Å². The van der Waals surface area contributed by atoms with Crippen molar-refractivity contribution in [2.24, 2.45) is 0 Å². The molecule has 2 heterocycles. The van der Waals surface area contributed by atoms with Crippen LogP contribution >= 0.6 is 0 Å². The lowest BCUT2D eigenvalue weighted by molar-refractivity contribution is 0.172. The van der Waals surface area contributed by atoms with E-state index < -0.39 is 0 Å². The first-order chi connectivity index (χ1) is 12.1. The van der Waals surface area contributed by atoms with Gasteiger partial charge in [-0.15, -0.1) is 0 Å². The first kappa shape index (κ1) is 17.3. The van der Waals surface area contributed by atoms with Crippen LogP contribution in [-0.2, 0) is 0 Å². The minimum absolute atomic E-state index is 0.0256. The Bertz CT molecular complexity index is 688. The summed E-state index contributed by atoms with van der Waals surface area (Å²) < 4.78 is 5.27. The first-order valence-electron chi connectivity index (χ1n) is 8.72. The Labute approximate surface area is 148 Å². The van der Waals surface area contributed by atoms with E-state index in [1.807, 2.05) is 37.1 Å². The molecule has 7 nitrogen and oxygen atoms in total. The van der Waals surface area contributed by atoms with Crippen LogP contribution in [0.4, 0.5) is 10.5 Å². The maximum absolute atomic E-state index is 12.4. The number of hydrogen-bond donors (Lipinski definition) is 1. The van der Waals surface area contributed by atoms with Crippen molar-refractivity contribution in [3.05, 3.63) is 42.0 Å². The molecule has 0 spiro atoms. The number of urea groups is 1. The molecule has 1 aliphatic rings. The largest absolute Gasteiger partial charge is 0.373 e. The van der Waals surface area contributed by atoms with Gasteiger partial charge in [-0.1, -0.05) is 23.4 Å². The number of piperidine rings is 1. The molecule has 0 radical (unpaired) electrons. The number of amides is 2. The molecule has 2 aromatic rings. The predicted molar refractivity (Wildman–Crippen MR) is 95.7 cm³/mol. The standard InChI is InChI=1S/C18H25N5O2/c1-14-20-17(25-21-14)15-7-6-11-23(13-15)18(24)19-10-12-22(2)16-8-4-3-5-9-16/h3-5,8-9,15H,6-7,10-13H2,1-2H3,(H,19,24). The fourth-order valence-electron chi connectivity index (χ4n) is 3.10. The lowest BCUT2D eigenvalue weighted by Crippen LogP contribution is -2.46. The average Bonchev–Trinajstić information content (AvgIpc) is 3.09. The second kappa shape index (κ2) is 8.00. The number of aromatic nitrogens is 2. The SMILES string of the molecule is Cc1noc(C2CCCN(C(=O)NCCN(C)c3ccccc3)C2)n1. The molecular formula is C18H25N5O2. The van der Waals surface area contributed by atoms with Crippen LogP contribution in [0, 0.1) is 6.92 Å². The molecule has 1 aromatic carbocycles. The van der Waals surface area contributed by atoms with Crippen molar-refractivity contribution in [3.8, 4) is 0 Å². The fraction of sp³-hybridized carbons (Fsp3) is 0.500. The molecule has 1 aliphatic heterocycles. The molecule has 3 rings (SSSR count). The van der Waals surface area contributed by atoms with Crippen LogP contribution in [0.1, 0.15) is 30.5 Å². The summed E-state index contributed by atoms with van der Waals surface area (Å²) in [6.45, 7) is 4.57. The van der Waals surface area contributed by atoms with Gasteiger partial charge in [0.2, 0.25) is 5.89 Å². The molecule has 0 aliphatic carbocycles. The van der Waals surface area contributed by atoms with Crippen LogP contribution < -0.4 is 10.2 Å². The number of nitrogens with one attached hydrogen (secondary N) is 1. The topological polar surface area (TPSA) is 74.5 Å². The van der Waals surface area contributed by atoms with Gasteiger partial charge in [0.05, 0.1) is 5.92 Å². The Hall–Kier alpha value is -2.57. The molecule has 1 atom stereocenters. The normalized spacial score (nSPS) is 17.4. The Morgan fingerprint density at radius 1 is 1.40 bits per heavy atom. The first-order valence-corrected chi connectivity index (χ1v) is 8.72. The Morgan fingerprint density at radius 3 is 2.92 bits per heavy atom. The van der Waals surface area contributed by atoms with E-state index in [1.54, 1.807) is 0 Å². The number of likely N-dealkylation sites (N-methyl/N-ethyl adjacent to an activating group) is 1. The number of rotatable bonds is 5. The maximum Gasteiger partial charge on any atom is 0.317 e. The smallest absolute Gasteiger partial charge is 0.317 e. The van der Waals surface area contributed by atoms with Gasteiger partial charge in [-0.3, -0.25) is 0 Å². The molecule has 1 aromatic heterocycles. The van der Waals surface area contributed by atoms with E-state index in [1.165, 1.54) is 0 Å². The van der Waals surface area contributed by atoms with E-state index >= 15 is 0 Å². The zero-order valence-corrected chi connectivity index (χ0v) is 14.8. The van der Waals surface area contributed by atoms with Gasteiger partial charge in [-0.05, 0) is 31.9 Å². The van der Waals surface area contributed by atoms with Crippen molar-refractivity contribution in [2.75, 3.05) is 38.1 Å². The minimum Gasteiger partial charge on any atom is -0.373 e. The number of hydrogen-bond acceptors (Lipinski definition) is 5. The molecule has 134 valence electrons. The average molecular weight is 343 g/mol. The van der Waals surface area contributed by atoms with Gasteiger partial charge in [0.25, 0.3) is 0 Å². The van der Waals surface area contributed by atoms with Gasteiger partial charge in [0.1, 0.15) is 0 Å². The van der Waals surface area contributed by atoms with Gasteiger partial charge in [-0.25, -0.2) is 4.79 Å². The molecule has 0 bridgehead atoms. The molecule has 0 saturated carbocycles. The summed E-state index contributed by atoms with van der Waals surface area (Å²) in [5.41, 5.74) is 1.14. The van der Waals surface area contributed by atoms with Crippen LogP contribution in [-0.4, -0.2) is 54.3 Å². The van der Waals surface area contributed by atoms with Crippen molar-refractivity contribution in [3.63, 3.8) is 0 Å². The number of anilines is 1. The van der Waals surface area contributed by atoms with Crippen molar-refractivity contribution in [2.45, 2.75) is 25.7 Å². The molecule has 1 unspecified atom stereocenters. The number of likely N-dealkylation sites (tertiary alicyclic amines) is 1. The predicted octanol–water partition coefficient (Wildman–Crippen LogP) is 2.40. The summed E-state index contributed by atoms with van der Waals surface area (Å²) in [6.07, 6.45) is 1.92. The second-order valence-corrected chi connectivity index (χ2v) is 6.45. The quantitative estimate of drug-likeness (QED) is 0.902. The van der Waals surface area contributed by atoms with E-state index in [4.69, 9.17) is 4.52 Å². The summed E-state index contributed by atoms with van der Waals surface area (Å²) in [5.74, 6) is 1.41. The van der Waals surface area contributed by atoms with Crippen LogP contribution in [0.25, 0.3) is 0 Å². The highest BCUT2D eigenvalue weighted by molar-refractivity contribution is 5.74. The van der Waals surface area contributed by atoms with Crippen LogP contribution in [0.3, 0.4) is 0 Å². The zero-order chi connectivity index (χ0) is 17.6. The van der Waals surface area contributed by atoms with E-state index in [-0.39, 0.29) is 11.9 Å². The van der Waals surface area contributed by atoms with Gasteiger partial charge >= 0.3 is 6.03 Å². The molecule has 7 heteroatoms. The van der Waals surface area contributed by atoms with Gasteiger partial charge in [0.15, 0.2) is 5.82 Å². The van der Waals surface area contributed by atoms with Gasteiger partial charge in [0, 0.05) is 38.9 Å². The van der Waals surface area contributed by atoms with E-state index in [0.29, 0.717) is 24.8 Å². The van der Waals surface area contributed by atoms with Gasteiger partial charge in [-0.2, -0.15) is 4.98 Å². The lowest BCUT2D eigenvalue weighted by Gasteiger charge is -2.31. The van der Waals surface area contributed by atoms with E-state index in [9.17, 15) is 4.79 Å². The number of benzene rings is 1.